The lowest BCUT2D eigenvalue weighted by Crippen LogP contribution is -2.25. The quantitative estimate of drug-likeness (QED) is 0.588. The SMILES string of the molecule is Cc1ccccc1P(c1ccccc1C)c1cccc(Cl)c1C. The molecule has 0 bridgehead atoms. The summed E-state index contributed by atoms with van der Waals surface area (Å²) in [5.74, 6) is 0. The molecule has 0 fully saturated rings. The molecule has 0 unspecified atom stereocenters. The van der Waals surface area contributed by atoms with Crippen LogP contribution in [0.25, 0.3) is 0 Å². The van der Waals surface area contributed by atoms with Gasteiger partial charge in [0.05, 0.1) is 0 Å². The average molecular weight is 339 g/mol. The molecule has 0 spiro atoms. The van der Waals surface area contributed by atoms with Crippen LogP contribution in [0, 0.1) is 20.8 Å². The molecule has 23 heavy (non-hydrogen) atoms. The van der Waals surface area contributed by atoms with Crippen LogP contribution in [0.15, 0.2) is 66.7 Å². The third-order valence-electron chi connectivity index (χ3n) is 4.19. The molecule has 3 aromatic rings. The molecular formula is C21H20ClP. The van der Waals surface area contributed by atoms with Gasteiger partial charge in [-0.2, -0.15) is 0 Å². The maximum atomic E-state index is 6.42. The highest BCUT2D eigenvalue weighted by Gasteiger charge is 2.21. The van der Waals surface area contributed by atoms with E-state index in [0.29, 0.717) is 0 Å². The Bertz CT molecular complexity index is 793. The van der Waals surface area contributed by atoms with Gasteiger partial charge in [-0.3, -0.25) is 0 Å². The van der Waals surface area contributed by atoms with Crippen LogP contribution in [0.1, 0.15) is 16.7 Å². The fourth-order valence-electron chi connectivity index (χ4n) is 2.86. The Balaban J connectivity index is 2.29. The van der Waals surface area contributed by atoms with Crippen molar-refractivity contribution in [1.29, 1.82) is 0 Å². The Morgan fingerprint density at radius 2 is 1.09 bits per heavy atom. The van der Waals surface area contributed by atoms with Gasteiger partial charge in [0.15, 0.2) is 0 Å². The molecule has 0 saturated heterocycles. The van der Waals surface area contributed by atoms with Crippen LogP contribution >= 0.6 is 19.5 Å². The number of rotatable bonds is 3. The van der Waals surface area contributed by atoms with Gasteiger partial charge in [0.1, 0.15) is 0 Å². The minimum absolute atomic E-state index is 0.609. The molecule has 0 atom stereocenters. The van der Waals surface area contributed by atoms with Crippen LogP contribution in [-0.4, -0.2) is 0 Å². The van der Waals surface area contributed by atoms with Crippen molar-refractivity contribution < 1.29 is 0 Å². The van der Waals surface area contributed by atoms with Gasteiger partial charge in [-0.05, 0) is 67.4 Å². The first-order valence-corrected chi connectivity index (χ1v) is 9.48. The maximum Gasteiger partial charge on any atom is 0.0441 e. The molecule has 0 nitrogen and oxygen atoms in total. The lowest BCUT2D eigenvalue weighted by atomic mass is 10.2. The third-order valence-corrected chi connectivity index (χ3v) is 7.54. The van der Waals surface area contributed by atoms with E-state index < -0.39 is 7.92 Å². The topological polar surface area (TPSA) is 0 Å². The van der Waals surface area contributed by atoms with Gasteiger partial charge in [-0.1, -0.05) is 72.3 Å². The van der Waals surface area contributed by atoms with Crippen LogP contribution in [0.3, 0.4) is 0 Å². The molecule has 0 N–H and O–H groups in total. The van der Waals surface area contributed by atoms with E-state index in [1.54, 1.807) is 0 Å². The van der Waals surface area contributed by atoms with E-state index in [2.05, 4.69) is 81.4 Å². The van der Waals surface area contributed by atoms with E-state index >= 15 is 0 Å². The molecule has 0 saturated carbocycles. The van der Waals surface area contributed by atoms with Crippen molar-refractivity contribution in [1.82, 2.24) is 0 Å². The molecule has 0 heterocycles. The minimum Gasteiger partial charge on any atom is -0.0840 e. The van der Waals surface area contributed by atoms with E-state index in [0.717, 1.165) is 5.02 Å². The predicted octanol–water partition coefficient (Wildman–Crippen LogP) is 5.02. The van der Waals surface area contributed by atoms with E-state index in [-0.39, 0.29) is 0 Å². The van der Waals surface area contributed by atoms with Gasteiger partial charge < -0.3 is 0 Å². The monoisotopic (exact) mass is 338 g/mol. The highest BCUT2D eigenvalue weighted by molar-refractivity contribution is 7.80. The van der Waals surface area contributed by atoms with Crippen molar-refractivity contribution in [3.63, 3.8) is 0 Å². The van der Waals surface area contributed by atoms with Crippen LogP contribution in [0.2, 0.25) is 5.02 Å². The standard InChI is InChI=1S/C21H20ClP/c1-15-9-4-6-12-19(15)23(20-13-7-5-10-16(20)2)21-14-8-11-18(22)17(21)3/h4-14H,1-3H3. The van der Waals surface area contributed by atoms with Crippen molar-refractivity contribution in [3.8, 4) is 0 Å². The molecule has 3 rings (SSSR count). The van der Waals surface area contributed by atoms with E-state index in [9.17, 15) is 0 Å². The molecule has 0 aliphatic rings. The van der Waals surface area contributed by atoms with E-state index in [4.69, 9.17) is 11.6 Å². The second-order valence-corrected chi connectivity index (χ2v) is 8.32. The fraction of sp³-hybridized carbons (Fsp3) is 0.143. The molecule has 0 aliphatic heterocycles. The first-order chi connectivity index (χ1) is 11.1. The van der Waals surface area contributed by atoms with Crippen molar-refractivity contribution >= 4 is 35.4 Å². The van der Waals surface area contributed by atoms with Gasteiger partial charge in [-0.25, -0.2) is 0 Å². The van der Waals surface area contributed by atoms with Gasteiger partial charge in [0, 0.05) is 5.02 Å². The molecule has 0 aliphatic carbocycles. The molecule has 2 heteroatoms. The molecule has 0 aromatic heterocycles. The number of hydrogen-bond donors (Lipinski definition) is 0. The van der Waals surface area contributed by atoms with Crippen molar-refractivity contribution in [3.05, 3.63) is 88.4 Å². The van der Waals surface area contributed by atoms with E-state index in [1.165, 1.54) is 32.6 Å². The summed E-state index contributed by atoms with van der Waals surface area (Å²) in [6, 6.07) is 23.7. The fourth-order valence-corrected chi connectivity index (χ4v) is 5.89. The number of hydrogen-bond acceptors (Lipinski definition) is 0. The highest BCUT2D eigenvalue weighted by Crippen LogP contribution is 2.37. The number of halogens is 1. The van der Waals surface area contributed by atoms with E-state index in [1.807, 2.05) is 6.07 Å². The maximum absolute atomic E-state index is 6.42. The summed E-state index contributed by atoms with van der Waals surface area (Å²) in [5.41, 5.74) is 3.86. The van der Waals surface area contributed by atoms with Gasteiger partial charge in [-0.15, -0.1) is 0 Å². The van der Waals surface area contributed by atoms with Gasteiger partial charge in [0.2, 0.25) is 0 Å². The third kappa shape index (κ3) is 3.20. The number of aryl methyl sites for hydroxylation is 2. The Kier molecular flexibility index (Phi) is 4.85. The minimum atomic E-state index is -0.609. The Morgan fingerprint density at radius 1 is 0.609 bits per heavy atom. The smallest absolute Gasteiger partial charge is 0.0441 e. The summed E-state index contributed by atoms with van der Waals surface area (Å²) in [6.07, 6.45) is 0. The van der Waals surface area contributed by atoms with Crippen LogP contribution in [-0.2, 0) is 0 Å². The summed E-state index contributed by atoms with van der Waals surface area (Å²) in [5, 5.41) is 5.00. The van der Waals surface area contributed by atoms with Crippen LogP contribution < -0.4 is 15.9 Å². The largest absolute Gasteiger partial charge is 0.0840 e. The van der Waals surface area contributed by atoms with Gasteiger partial charge >= 0.3 is 0 Å². The Hall–Kier alpha value is -1.62. The van der Waals surface area contributed by atoms with Crippen molar-refractivity contribution in [2.45, 2.75) is 20.8 Å². The number of benzene rings is 3. The molecular weight excluding hydrogens is 319 g/mol. The first kappa shape index (κ1) is 16.2. The summed E-state index contributed by atoms with van der Waals surface area (Å²) < 4.78 is 0. The Labute approximate surface area is 144 Å². The zero-order valence-electron chi connectivity index (χ0n) is 13.7. The zero-order chi connectivity index (χ0) is 16.4. The summed E-state index contributed by atoms with van der Waals surface area (Å²) in [6.45, 7) is 6.52. The normalized spacial score (nSPS) is 11.0. The average Bonchev–Trinajstić information content (AvgIpc) is 2.55. The summed E-state index contributed by atoms with van der Waals surface area (Å²) in [7, 11) is -0.609. The Morgan fingerprint density at radius 3 is 1.61 bits per heavy atom. The van der Waals surface area contributed by atoms with Crippen LogP contribution in [0.5, 0.6) is 0 Å². The summed E-state index contributed by atoms with van der Waals surface area (Å²) >= 11 is 6.42. The van der Waals surface area contributed by atoms with Crippen LogP contribution in [0.4, 0.5) is 0 Å². The predicted molar refractivity (Wildman–Crippen MR) is 104 cm³/mol. The molecule has 0 radical (unpaired) electrons. The second-order valence-electron chi connectivity index (χ2n) is 5.79. The molecule has 116 valence electrons. The van der Waals surface area contributed by atoms with Gasteiger partial charge in [0.25, 0.3) is 0 Å². The lowest BCUT2D eigenvalue weighted by Gasteiger charge is -2.24. The van der Waals surface area contributed by atoms with Crippen molar-refractivity contribution in [2.75, 3.05) is 0 Å². The lowest BCUT2D eigenvalue weighted by molar-refractivity contribution is 1.49. The molecule has 3 aromatic carbocycles. The second kappa shape index (κ2) is 6.87. The zero-order valence-corrected chi connectivity index (χ0v) is 15.3. The summed E-state index contributed by atoms with van der Waals surface area (Å²) in [4.78, 5) is 0. The van der Waals surface area contributed by atoms with Crippen molar-refractivity contribution in [2.24, 2.45) is 0 Å². The molecule has 0 amide bonds. The highest BCUT2D eigenvalue weighted by atomic mass is 35.5. The first-order valence-electron chi connectivity index (χ1n) is 7.76.